The summed E-state index contributed by atoms with van der Waals surface area (Å²) in [6, 6.07) is 0. The van der Waals surface area contributed by atoms with E-state index in [4.69, 9.17) is 14.6 Å². The van der Waals surface area contributed by atoms with Crippen molar-refractivity contribution in [3.05, 3.63) is 12.2 Å². The van der Waals surface area contributed by atoms with Crippen molar-refractivity contribution in [1.29, 1.82) is 0 Å². The van der Waals surface area contributed by atoms with E-state index in [9.17, 15) is 24.0 Å². The van der Waals surface area contributed by atoms with E-state index >= 15 is 0 Å². The molecule has 0 aromatic rings. The number of ketones is 2. The van der Waals surface area contributed by atoms with Crippen molar-refractivity contribution >= 4 is 29.5 Å². The maximum absolute atomic E-state index is 11.7. The van der Waals surface area contributed by atoms with Gasteiger partial charge in [0.05, 0.1) is 0 Å². The molecule has 0 rings (SSSR count). The molecule has 8 heteroatoms. The molecule has 0 bridgehead atoms. The third-order valence-corrected chi connectivity index (χ3v) is 2.64. The number of esters is 2. The molecule has 0 fully saturated rings. The van der Waals surface area contributed by atoms with E-state index in [0.717, 1.165) is 13.8 Å². The van der Waals surface area contributed by atoms with Crippen LogP contribution in [-0.2, 0) is 33.4 Å². The second-order valence-electron chi connectivity index (χ2n) is 4.99. The van der Waals surface area contributed by atoms with Gasteiger partial charge in [-0.2, -0.15) is 0 Å². The fraction of sp³-hybridized carbons (Fsp3) is 0.533. The van der Waals surface area contributed by atoms with Crippen LogP contribution in [-0.4, -0.2) is 40.4 Å². The Hall–Kier alpha value is -2.51. The number of aliphatic carboxylic acids is 1. The maximum Gasteiger partial charge on any atom is 0.338 e. The first-order chi connectivity index (χ1) is 10.5. The fourth-order valence-electron chi connectivity index (χ4n) is 1.74. The Bertz CT molecular complexity index is 502. The Morgan fingerprint density at radius 2 is 1.35 bits per heavy atom. The summed E-state index contributed by atoms with van der Waals surface area (Å²) in [6.45, 7) is 7.22. The van der Waals surface area contributed by atoms with E-state index in [1.54, 1.807) is 6.92 Å². The number of carboxylic acid groups (broad SMARTS) is 1. The van der Waals surface area contributed by atoms with E-state index < -0.39 is 53.7 Å². The minimum absolute atomic E-state index is 0.175. The van der Waals surface area contributed by atoms with Crippen molar-refractivity contribution in [3.63, 3.8) is 0 Å². The molecule has 128 valence electrons. The van der Waals surface area contributed by atoms with E-state index in [2.05, 4.69) is 6.58 Å². The van der Waals surface area contributed by atoms with Gasteiger partial charge in [-0.3, -0.25) is 19.2 Å². The normalized spacial score (nSPS) is 10.6. The van der Waals surface area contributed by atoms with Crippen LogP contribution in [0.3, 0.4) is 0 Å². The van der Waals surface area contributed by atoms with Gasteiger partial charge in [0, 0.05) is 6.42 Å². The van der Waals surface area contributed by atoms with Crippen LogP contribution < -0.4 is 0 Å². The molecule has 0 aliphatic heterocycles. The first-order valence-corrected chi connectivity index (χ1v) is 6.89. The minimum atomic E-state index is -2.25. The topological polar surface area (TPSA) is 124 Å². The lowest BCUT2D eigenvalue weighted by molar-refractivity contribution is -0.218. The number of hydrogen-bond acceptors (Lipinski definition) is 7. The SMILES string of the molecule is C=C(C(=O)O)C(CCC)(OC(=O)CC(C)=O)OC(=O)CC(C)=O. The van der Waals surface area contributed by atoms with Gasteiger partial charge >= 0.3 is 17.9 Å². The largest absolute Gasteiger partial charge is 0.478 e. The lowest BCUT2D eigenvalue weighted by atomic mass is 10.0. The Morgan fingerprint density at radius 3 is 1.61 bits per heavy atom. The summed E-state index contributed by atoms with van der Waals surface area (Å²) in [4.78, 5) is 56.6. The minimum Gasteiger partial charge on any atom is -0.478 e. The molecule has 0 aliphatic carbocycles. The quantitative estimate of drug-likeness (QED) is 0.274. The molecular formula is C15H20O8. The summed E-state index contributed by atoms with van der Waals surface area (Å²) in [5, 5.41) is 9.12. The summed E-state index contributed by atoms with van der Waals surface area (Å²) >= 11 is 0. The van der Waals surface area contributed by atoms with Crippen LogP contribution in [0.25, 0.3) is 0 Å². The zero-order valence-electron chi connectivity index (χ0n) is 13.3. The second-order valence-corrected chi connectivity index (χ2v) is 4.99. The molecule has 0 aromatic heterocycles. The first-order valence-electron chi connectivity index (χ1n) is 6.89. The number of ether oxygens (including phenoxy) is 2. The van der Waals surface area contributed by atoms with Gasteiger partial charge < -0.3 is 14.6 Å². The van der Waals surface area contributed by atoms with E-state index in [1.807, 2.05) is 0 Å². The van der Waals surface area contributed by atoms with Gasteiger partial charge in [-0.25, -0.2) is 4.79 Å². The zero-order chi connectivity index (χ0) is 18.2. The van der Waals surface area contributed by atoms with Gasteiger partial charge in [-0.15, -0.1) is 0 Å². The number of carboxylic acids is 1. The lowest BCUT2D eigenvalue weighted by Gasteiger charge is -2.32. The molecule has 0 amide bonds. The first kappa shape index (κ1) is 20.5. The summed E-state index contributed by atoms with van der Waals surface area (Å²) in [5.74, 6) is -6.90. The van der Waals surface area contributed by atoms with Gasteiger partial charge in [0.25, 0.3) is 5.79 Å². The summed E-state index contributed by atoms with van der Waals surface area (Å²) in [6.07, 6.45) is -1.11. The third kappa shape index (κ3) is 6.86. The van der Waals surface area contributed by atoms with Gasteiger partial charge in [0.2, 0.25) is 0 Å². The highest BCUT2D eigenvalue weighted by Crippen LogP contribution is 2.30. The van der Waals surface area contributed by atoms with Crippen LogP contribution >= 0.6 is 0 Å². The van der Waals surface area contributed by atoms with Crippen LogP contribution in [0.15, 0.2) is 12.2 Å². The van der Waals surface area contributed by atoms with Crippen LogP contribution in [0.5, 0.6) is 0 Å². The van der Waals surface area contributed by atoms with E-state index in [0.29, 0.717) is 0 Å². The molecule has 0 atom stereocenters. The maximum atomic E-state index is 11.7. The molecule has 0 spiro atoms. The highest BCUT2D eigenvalue weighted by Gasteiger charge is 2.44. The van der Waals surface area contributed by atoms with Crippen molar-refractivity contribution in [2.45, 2.75) is 52.2 Å². The smallest absolute Gasteiger partial charge is 0.338 e. The van der Waals surface area contributed by atoms with E-state index in [-0.39, 0.29) is 12.8 Å². The molecule has 0 unspecified atom stereocenters. The number of carbonyl (C=O) groups excluding carboxylic acids is 4. The van der Waals surface area contributed by atoms with Crippen molar-refractivity contribution in [2.75, 3.05) is 0 Å². The molecule has 0 radical (unpaired) electrons. The molecule has 8 nitrogen and oxygen atoms in total. The Labute approximate surface area is 133 Å². The average Bonchev–Trinajstić information content (AvgIpc) is 2.35. The summed E-state index contributed by atoms with van der Waals surface area (Å²) in [7, 11) is 0. The second kappa shape index (κ2) is 8.82. The average molecular weight is 328 g/mol. The molecule has 23 heavy (non-hydrogen) atoms. The monoisotopic (exact) mass is 328 g/mol. The number of carbonyl (C=O) groups is 5. The van der Waals surface area contributed by atoms with Crippen LogP contribution in [0.1, 0.15) is 46.5 Å². The van der Waals surface area contributed by atoms with Gasteiger partial charge in [0.15, 0.2) is 0 Å². The van der Waals surface area contributed by atoms with Crippen LogP contribution in [0.4, 0.5) is 0 Å². The Morgan fingerprint density at radius 1 is 0.957 bits per heavy atom. The van der Waals surface area contributed by atoms with E-state index in [1.165, 1.54) is 0 Å². The standard InChI is InChI=1S/C15H20O8/c1-5-6-15(11(4)14(20)21,22-12(18)7-9(2)16)23-13(19)8-10(3)17/h4-8H2,1-3H3,(H,20,21). The number of hydrogen-bond donors (Lipinski definition) is 1. The predicted octanol–water partition coefficient (Wildman–Crippen LogP) is 1.17. The van der Waals surface area contributed by atoms with Gasteiger partial charge in [-0.1, -0.05) is 13.5 Å². The van der Waals surface area contributed by atoms with Gasteiger partial charge in [0.1, 0.15) is 30.0 Å². The predicted molar refractivity (Wildman–Crippen MR) is 77.2 cm³/mol. The highest BCUT2D eigenvalue weighted by atomic mass is 16.7. The summed E-state index contributed by atoms with van der Waals surface area (Å²) < 4.78 is 9.94. The van der Waals surface area contributed by atoms with Crippen molar-refractivity contribution in [2.24, 2.45) is 0 Å². The fourth-order valence-corrected chi connectivity index (χ4v) is 1.74. The van der Waals surface area contributed by atoms with Crippen molar-refractivity contribution < 1.29 is 38.6 Å². The van der Waals surface area contributed by atoms with Crippen molar-refractivity contribution in [1.82, 2.24) is 0 Å². The zero-order valence-corrected chi connectivity index (χ0v) is 13.3. The van der Waals surface area contributed by atoms with Crippen LogP contribution in [0, 0.1) is 0 Å². The third-order valence-electron chi connectivity index (χ3n) is 2.64. The number of rotatable bonds is 10. The lowest BCUT2D eigenvalue weighted by Crippen LogP contribution is -2.44. The Kier molecular flexibility index (Phi) is 7.86. The highest BCUT2D eigenvalue weighted by molar-refractivity contribution is 5.97. The van der Waals surface area contributed by atoms with Gasteiger partial charge in [-0.05, 0) is 20.3 Å². The Balaban J connectivity index is 5.58. The summed E-state index contributed by atoms with van der Waals surface area (Å²) in [5.41, 5.74) is -0.673. The molecule has 0 aromatic carbocycles. The molecule has 0 aliphatic rings. The van der Waals surface area contributed by atoms with Crippen molar-refractivity contribution in [3.8, 4) is 0 Å². The molecule has 0 saturated carbocycles. The molecule has 1 N–H and O–H groups in total. The molecule has 0 saturated heterocycles. The molecular weight excluding hydrogens is 308 g/mol. The number of Topliss-reactive ketones (excluding diaryl/α,β-unsaturated/α-hetero) is 2. The molecule has 0 heterocycles. The van der Waals surface area contributed by atoms with Crippen LogP contribution in [0.2, 0.25) is 0 Å².